The molecule has 0 unspecified atom stereocenters. The van der Waals surface area contributed by atoms with Crippen molar-refractivity contribution in [3.8, 4) is 0 Å². The first kappa shape index (κ1) is 13.9. The smallest absolute Gasteiger partial charge is 0.148 e. The molecule has 6 heteroatoms. The maximum absolute atomic E-state index is 13.0. The molecule has 0 radical (unpaired) electrons. The van der Waals surface area contributed by atoms with Crippen LogP contribution in [0.2, 0.25) is 0 Å². The van der Waals surface area contributed by atoms with Gasteiger partial charge < -0.3 is 4.90 Å². The summed E-state index contributed by atoms with van der Waals surface area (Å²) in [5, 5.41) is 4.46. The lowest BCUT2D eigenvalue weighted by Gasteiger charge is -2.17. The number of anilines is 1. The molecule has 0 saturated carbocycles. The van der Waals surface area contributed by atoms with Crippen LogP contribution >= 0.6 is 0 Å². The van der Waals surface area contributed by atoms with Gasteiger partial charge in [-0.05, 0) is 24.6 Å². The van der Waals surface area contributed by atoms with Gasteiger partial charge in [0, 0.05) is 18.3 Å². The Bertz CT molecular complexity index is 840. The molecule has 3 heterocycles. The molecule has 0 amide bonds. The third-order valence-electron chi connectivity index (χ3n) is 4.05. The molecule has 23 heavy (non-hydrogen) atoms. The number of aryl methyl sites for hydroxylation is 1. The maximum atomic E-state index is 13.0. The molecule has 4 rings (SSSR count). The lowest BCUT2D eigenvalue weighted by atomic mass is 10.2. The van der Waals surface area contributed by atoms with E-state index in [9.17, 15) is 4.39 Å². The van der Waals surface area contributed by atoms with E-state index in [0.29, 0.717) is 6.54 Å². The minimum absolute atomic E-state index is 0.219. The molecule has 5 nitrogen and oxygen atoms in total. The van der Waals surface area contributed by atoms with E-state index in [-0.39, 0.29) is 5.82 Å². The minimum Gasteiger partial charge on any atom is -0.345 e. The molecule has 0 saturated heterocycles. The van der Waals surface area contributed by atoms with Crippen LogP contribution in [0, 0.1) is 12.7 Å². The normalized spacial score (nSPS) is 13.4. The highest BCUT2D eigenvalue weighted by Gasteiger charge is 2.24. The standard InChI is InChI=1S/C17H16FN5/c1-12-6-19-8-17(21-12)22-10-14-7-20-23(16(14)11-22)9-13-2-4-15(18)5-3-13/h2-8H,9-11H2,1H3. The Morgan fingerprint density at radius 2 is 1.91 bits per heavy atom. The predicted molar refractivity (Wildman–Crippen MR) is 84.4 cm³/mol. The summed E-state index contributed by atoms with van der Waals surface area (Å²) in [6.45, 7) is 4.13. The largest absolute Gasteiger partial charge is 0.345 e. The van der Waals surface area contributed by atoms with Crippen molar-refractivity contribution in [3.63, 3.8) is 0 Å². The fourth-order valence-corrected chi connectivity index (χ4v) is 2.87. The van der Waals surface area contributed by atoms with Gasteiger partial charge in [-0.25, -0.2) is 9.37 Å². The van der Waals surface area contributed by atoms with E-state index in [0.717, 1.165) is 30.2 Å². The highest BCUT2D eigenvalue weighted by molar-refractivity contribution is 5.43. The van der Waals surface area contributed by atoms with Crippen LogP contribution in [0.3, 0.4) is 0 Å². The quantitative estimate of drug-likeness (QED) is 0.746. The topological polar surface area (TPSA) is 46.8 Å². The number of rotatable bonds is 3. The third kappa shape index (κ3) is 2.67. The van der Waals surface area contributed by atoms with Gasteiger partial charge in [0.05, 0.1) is 36.9 Å². The average Bonchev–Trinajstić information content (AvgIpc) is 3.11. The molecule has 0 fully saturated rings. The van der Waals surface area contributed by atoms with Crippen LogP contribution in [0.5, 0.6) is 0 Å². The van der Waals surface area contributed by atoms with Crippen molar-refractivity contribution in [2.75, 3.05) is 4.90 Å². The number of fused-ring (bicyclic) bond motifs is 1. The summed E-state index contributed by atoms with van der Waals surface area (Å²) in [7, 11) is 0. The molecule has 0 aliphatic carbocycles. The highest BCUT2D eigenvalue weighted by atomic mass is 19.1. The van der Waals surface area contributed by atoms with Gasteiger partial charge in [-0.1, -0.05) is 12.1 Å². The zero-order valence-electron chi connectivity index (χ0n) is 12.8. The van der Waals surface area contributed by atoms with Crippen LogP contribution in [0.4, 0.5) is 10.2 Å². The lowest BCUT2D eigenvalue weighted by Crippen LogP contribution is -2.18. The molecule has 0 N–H and O–H groups in total. The van der Waals surface area contributed by atoms with Crippen molar-refractivity contribution < 1.29 is 4.39 Å². The Balaban J connectivity index is 1.56. The molecule has 1 aliphatic heterocycles. The molecule has 1 aromatic carbocycles. The molecule has 3 aromatic rings. The van der Waals surface area contributed by atoms with Crippen LogP contribution in [0.25, 0.3) is 0 Å². The zero-order valence-corrected chi connectivity index (χ0v) is 12.8. The van der Waals surface area contributed by atoms with E-state index in [1.54, 1.807) is 24.5 Å². The first-order valence-electron chi connectivity index (χ1n) is 7.50. The number of benzene rings is 1. The SMILES string of the molecule is Cc1cncc(N2Cc3cnn(Cc4ccc(F)cc4)c3C2)n1. The number of hydrogen-bond acceptors (Lipinski definition) is 4. The highest BCUT2D eigenvalue weighted by Crippen LogP contribution is 2.27. The van der Waals surface area contributed by atoms with Gasteiger partial charge in [0.2, 0.25) is 0 Å². The van der Waals surface area contributed by atoms with Crippen molar-refractivity contribution in [1.29, 1.82) is 0 Å². The monoisotopic (exact) mass is 309 g/mol. The molecule has 1 aliphatic rings. The maximum Gasteiger partial charge on any atom is 0.148 e. The summed E-state index contributed by atoms with van der Waals surface area (Å²) in [5.41, 5.74) is 4.32. The van der Waals surface area contributed by atoms with Crippen LogP contribution in [-0.4, -0.2) is 19.7 Å². The van der Waals surface area contributed by atoms with E-state index in [1.165, 1.54) is 23.4 Å². The lowest BCUT2D eigenvalue weighted by molar-refractivity contribution is 0.620. The molecule has 0 atom stereocenters. The summed E-state index contributed by atoms with van der Waals surface area (Å²) in [6, 6.07) is 6.55. The van der Waals surface area contributed by atoms with Crippen molar-refractivity contribution in [1.82, 2.24) is 19.7 Å². The molecule has 2 aromatic heterocycles. The second-order valence-corrected chi connectivity index (χ2v) is 5.78. The second kappa shape index (κ2) is 5.46. The Morgan fingerprint density at radius 1 is 1.09 bits per heavy atom. The van der Waals surface area contributed by atoms with Gasteiger partial charge in [0.15, 0.2) is 0 Å². The number of nitrogens with zero attached hydrogens (tertiary/aromatic N) is 5. The van der Waals surface area contributed by atoms with Crippen molar-refractivity contribution in [3.05, 3.63) is 71.2 Å². The van der Waals surface area contributed by atoms with E-state index in [2.05, 4.69) is 20.0 Å². The fourth-order valence-electron chi connectivity index (χ4n) is 2.87. The van der Waals surface area contributed by atoms with Crippen molar-refractivity contribution in [2.45, 2.75) is 26.6 Å². The van der Waals surface area contributed by atoms with Crippen molar-refractivity contribution >= 4 is 5.82 Å². The van der Waals surface area contributed by atoms with E-state index < -0.39 is 0 Å². The zero-order chi connectivity index (χ0) is 15.8. The second-order valence-electron chi connectivity index (χ2n) is 5.78. The summed E-state index contributed by atoms with van der Waals surface area (Å²) in [6.07, 6.45) is 5.45. The number of halogens is 1. The van der Waals surface area contributed by atoms with Gasteiger partial charge >= 0.3 is 0 Å². The number of hydrogen-bond donors (Lipinski definition) is 0. The van der Waals surface area contributed by atoms with Crippen LogP contribution < -0.4 is 4.90 Å². The van der Waals surface area contributed by atoms with Gasteiger partial charge in [-0.15, -0.1) is 0 Å². The molecular weight excluding hydrogens is 293 g/mol. The Morgan fingerprint density at radius 3 is 2.70 bits per heavy atom. The van der Waals surface area contributed by atoms with Crippen molar-refractivity contribution in [2.24, 2.45) is 0 Å². The third-order valence-corrected chi connectivity index (χ3v) is 4.05. The summed E-state index contributed by atoms with van der Waals surface area (Å²) in [5.74, 6) is 0.665. The molecule has 0 bridgehead atoms. The molecular formula is C17H16FN5. The van der Waals surface area contributed by atoms with Crippen LogP contribution in [-0.2, 0) is 19.6 Å². The Kier molecular flexibility index (Phi) is 3.29. The van der Waals surface area contributed by atoms with E-state index >= 15 is 0 Å². The Labute approximate surface area is 133 Å². The van der Waals surface area contributed by atoms with Crippen LogP contribution in [0.1, 0.15) is 22.5 Å². The van der Waals surface area contributed by atoms with E-state index in [4.69, 9.17) is 0 Å². The van der Waals surface area contributed by atoms with Crippen LogP contribution in [0.15, 0.2) is 42.9 Å². The average molecular weight is 309 g/mol. The van der Waals surface area contributed by atoms with Gasteiger partial charge in [0.25, 0.3) is 0 Å². The molecule has 116 valence electrons. The van der Waals surface area contributed by atoms with Gasteiger partial charge in [-0.3, -0.25) is 9.67 Å². The van der Waals surface area contributed by atoms with E-state index in [1.807, 2.05) is 17.8 Å². The predicted octanol–water partition coefficient (Wildman–Crippen LogP) is 2.69. The van der Waals surface area contributed by atoms with Gasteiger partial charge in [-0.2, -0.15) is 5.10 Å². The first-order chi connectivity index (χ1) is 11.2. The summed E-state index contributed by atoms with van der Waals surface area (Å²) >= 11 is 0. The Hall–Kier alpha value is -2.76. The first-order valence-corrected chi connectivity index (χ1v) is 7.50. The summed E-state index contributed by atoms with van der Waals surface area (Å²) < 4.78 is 15.0. The fraction of sp³-hybridized carbons (Fsp3) is 0.235. The summed E-state index contributed by atoms with van der Waals surface area (Å²) in [4.78, 5) is 10.9. The van der Waals surface area contributed by atoms with Gasteiger partial charge in [0.1, 0.15) is 11.6 Å². The molecule has 0 spiro atoms. The number of aromatic nitrogens is 4. The minimum atomic E-state index is -0.219.